The van der Waals surface area contributed by atoms with Crippen LogP contribution in [0, 0.1) is 11.7 Å². The highest BCUT2D eigenvalue weighted by Gasteiger charge is 2.25. The molecule has 0 saturated heterocycles. The first-order valence-electron chi connectivity index (χ1n) is 7.27. The molecule has 0 saturated carbocycles. The van der Waals surface area contributed by atoms with E-state index >= 15 is 0 Å². The molecule has 0 radical (unpaired) electrons. The highest BCUT2D eigenvalue weighted by atomic mass is 19.1. The Bertz CT molecular complexity index is 518. The Labute approximate surface area is 130 Å². The zero-order chi connectivity index (χ0) is 16.9. The molecule has 3 N–H and O–H groups in total. The zero-order valence-corrected chi connectivity index (χ0v) is 13.7. The van der Waals surface area contributed by atoms with Gasteiger partial charge in [-0.25, -0.2) is 9.18 Å². The Morgan fingerprint density at radius 3 is 2.55 bits per heavy atom. The van der Waals surface area contributed by atoms with Crippen molar-refractivity contribution in [2.75, 3.05) is 13.7 Å². The van der Waals surface area contributed by atoms with Gasteiger partial charge in [-0.15, -0.1) is 0 Å². The van der Waals surface area contributed by atoms with E-state index in [9.17, 15) is 14.3 Å². The average molecular weight is 312 g/mol. The van der Waals surface area contributed by atoms with Crippen LogP contribution in [-0.4, -0.2) is 30.4 Å². The van der Waals surface area contributed by atoms with E-state index in [0.717, 1.165) is 0 Å². The number of urea groups is 1. The van der Waals surface area contributed by atoms with Crippen LogP contribution in [0.15, 0.2) is 18.2 Å². The molecule has 2 amide bonds. The predicted molar refractivity (Wildman–Crippen MR) is 83.4 cm³/mol. The molecule has 0 aliphatic carbocycles. The average Bonchev–Trinajstić information content (AvgIpc) is 2.45. The molecule has 6 heteroatoms. The standard InChI is InChI=1S/C16H25FN2O3/c1-10(2)16(4,21)9-18-15(20)19-11(3)12-6-7-14(22-5)13(17)8-12/h6-8,10-11,21H,9H2,1-5H3,(H2,18,19,20). The van der Waals surface area contributed by atoms with Gasteiger partial charge in [0.05, 0.1) is 18.8 Å². The first-order valence-corrected chi connectivity index (χ1v) is 7.27. The summed E-state index contributed by atoms with van der Waals surface area (Å²) in [6.07, 6.45) is 0. The van der Waals surface area contributed by atoms with Gasteiger partial charge in [-0.1, -0.05) is 19.9 Å². The number of carbonyl (C=O) groups is 1. The number of hydrogen-bond donors (Lipinski definition) is 3. The minimum absolute atomic E-state index is 0.0147. The van der Waals surface area contributed by atoms with Crippen LogP contribution < -0.4 is 15.4 Å². The Morgan fingerprint density at radius 2 is 2.05 bits per heavy atom. The molecule has 0 aromatic heterocycles. The van der Waals surface area contributed by atoms with Gasteiger partial charge in [-0.05, 0) is 37.5 Å². The van der Waals surface area contributed by atoms with Crippen LogP contribution in [-0.2, 0) is 0 Å². The molecular formula is C16H25FN2O3. The second kappa shape index (κ2) is 7.45. The summed E-state index contributed by atoms with van der Waals surface area (Å²) < 4.78 is 18.5. The van der Waals surface area contributed by atoms with E-state index in [4.69, 9.17) is 4.74 Å². The van der Waals surface area contributed by atoms with E-state index in [-0.39, 0.29) is 24.3 Å². The van der Waals surface area contributed by atoms with Crippen molar-refractivity contribution in [1.82, 2.24) is 10.6 Å². The normalized spacial score (nSPS) is 15.1. The summed E-state index contributed by atoms with van der Waals surface area (Å²) in [7, 11) is 1.40. The summed E-state index contributed by atoms with van der Waals surface area (Å²) in [4.78, 5) is 11.9. The molecule has 0 aliphatic rings. The second-order valence-corrected chi connectivity index (χ2v) is 5.95. The van der Waals surface area contributed by atoms with Gasteiger partial charge < -0.3 is 20.5 Å². The van der Waals surface area contributed by atoms with Crippen molar-refractivity contribution in [1.29, 1.82) is 0 Å². The number of benzene rings is 1. The van der Waals surface area contributed by atoms with Crippen LogP contribution in [0.3, 0.4) is 0 Å². The maximum atomic E-state index is 13.7. The van der Waals surface area contributed by atoms with E-state index in [1.54, 1.807) is 19.9 Å². The summed E-state index contributed by atoms with van der Waals surface area (Å²) in [5.74, 6) is -0.300. The van der Waals surface area contributed by atoms with Gasteiger partial charge in [-0.2, -0.15) is 0 Å². The molecule has 22 heavy (non-hydrogen) atoms. The molecular weight excluding hydrogens is 287 g/mol. The van der Waals surface area contributed by atoms with Crippen molar-refractivity contribution < 1.29 is 19.0 Å². The molecule has 0 fully saturated rings. The van der Waals surface area contributed by atoms with Crippen molar-refractivity contribution in [2.45, 2.75) is 39.3 Å². The number of carbonyl (C=O) groups excluding carboxylic acids is 1. The third-order valence-electron chi connectivity index (χ3n) is 3.87. The third-order valence-corrected chi connectivity index (χ3v) is 3.87. The molecule has 2 atom stereocenters. The third kappa shape index (κ3) is 4.87. The van der Waals surface area contributed by atoms with Crippen molar-refractivity contribution in [3.63, 3.8) is 0 Å². The van der Waals surface area contributed by atoms with Crippen LogP contribution >= 0.6 is 0 Å². The predicted octanol–water partition coefficient (Wildman–Crippen LogP) is 2.60. The number of nitrogens with one attached hydrogen (secondary N) is 2. The SMILES string of the molecule is COc1ccc(C(C)NC(=O)NCC(C)(O)C(C)C)cc1F. The van der Waals surface area contributed by atoms with Gasteiger partial charge in [0.1, 0.15) is 0 Å². The van der Waals surface area contributed by atoms with Gasteiger partial charge in [0.15, 0.2) is 11.6 Å². The largest absolute Gasteiger partial charge is 0.494 e. The number of halogens is 1. The van der Waals surface area contributed by atoms with Crippen LogP contribution in [0.25, 0.3) is 0 Å². The van der Waals surface area contributed by atoms with Crippen molar-refractivity contribution in [3.05, 3.63) is 29.6 Å². The van der Waals surface area contributed by atoms with E-state index in [1.165, 1.54) is 19.2 Å². The summed E-state index contributed by atoms with van der Waals surface area (Å²) >= 11 is 0. The van der Waals surface area contributed by atoms with Gasteiger partial charge in [0.2, 0.25) is 0 Å². The number of ether oxygens (including phenoxy) is 1. The summed E-state index contributed by atoms with van der Waals surface area (Å²) in [5, 5.41) is 15.4. The van der Waals surface area contributed by atoms with Gasteiger partial charge >= 0.3 is 6.03 Å². The van der Waals surface area contributed by atoms with Crippen LogP contribution in [0.4, 0.5) is 9.18 Å². The lowest BCUT2D eigenvalue weighted by molar-refractivity contribution is 0.0165. The minimum atomic E-state index is -0.979. The van der Waals surface area contributed by atoms with E-state index in [1.807, 2.05) is 13.8 Å². The topological polar surface area (TPSA) is 70.6 Å². The number of amides is 2. The van der Waals surface area contributed by atoms with Crippen molar-refractivity contribution in [2.24, 2.45) is 5.92 Å². The molecule has 0 spiro atoms. The van der Waals surface area contributed by atoms with Gasteiger partial charge in [0, 0.05) is 6.54 Å². The zero-order valence-electron chi connectivity index (χ0n) is 13.7. The molecule has 0 heterocycles. The highest BCUT2D eigenvalue weighted by molar-refractivity contribution is 5.74. The Balaban J connectivity index is 2.59. The summed E-state index contributed by atoms with van der Waals surface area (Å²) in [5.41, 5.74) is -0.351. The lowest BCUT2D eigenvalue weighted by Crippen LogP contribution is -2.47. The van der Waals surface area contributed by atoms with E-state index in [0.29, 0.717) is 5.56 Å². The van der Waals surface area contributed by atoms with Gasteiger partial charge in [-0.3, -0.25) is 0 Å². The van der Waals surface area contributed by atoms with E-state index < -0.39 is 17.4 Å². The molecule has 1 aromatic carbocycles. The quantitative estimate of drug-likeness (QED) is 0.756. The first-order chi connectivity index (χ1) is 10.2. The smallest absolute Gasteiger partial charge is 0.315 e. The monoisotopic (exact) mass is 312 g/mol. The Morgan fingerprint density at radius 1 is 1.41 bits per heavy atom. The summed E-state index contributed by atoms with van der Waals surface area (Å²) in [6, 6.07) is 3.75. The molecule has 0 aliphatic heterocycles. The van der Waals surface area contributed by atoms with Crippen LogP contribution in [0.5, 0.6) is 5.75 Å². The lowest BCUT2D eigenvalue weighted by atomic mass is 9.93. The maximum absolute atomic E-state index is 13.7. The molecule has 0 bridgehead atoms. The molecule has 1 rings (SSSR count). The van der Waals surface area contributed by atoms with Crippen LogP contribution in [0.2, 0.25) is 0 Å². The van der Waals surface area contributed by atoms with Crippen molar-refractivity contribution in [3.8, 4) is 5.75 Å². The Hall–Kier alpha value is -1.82. The lowest BCUT2D eigenvalue weighted by Gasteiger charge is -2.28. The number of methoxy groups -OCH3 is 1. The molecule has 1 aromatic rings. The molecule has 124 valence electrons. The minimum Gasteiger partial charge on any atom is -0.494 e. The van der Waals surface area contributed by atoms with Crippen molar-refractivity contribution >= 4 is 6.03 Å². The summed E-state index contributed by atoms with van der Waals surface area (Å²) in [6.45, 7) is 7.31. The fourth-order valence-electron chi connectivity index (χ4n) is 1.75. The fraction of sp³-hybridized carbons (Fsp3) is 0.562. The van der Waals surface area contributed by atoms with E-state index in [2.05, 4.69) is 10.6 Å². The first kappa shape index (κ1) is 18.2. The maximum Gasteiger partial charge on any atom is 0.315 e. The fourth-order valence-corrected chi connectivity index (χ4v) is 1.75. The molecule has 2 unspecified atom stereocenters. The Kier molecular flexibility index (Phi) is 6.17. The number of rotatable bonds is 6. The molecule has 5 nitrogen and oxygen atoms in total. The number of aliphatic hydroxyl groups is 1. The van der Waals surface area contributed by atoms with Gasteiger partial charge in [0.25, 0.3) is 0 Å². The highest BCUT2D eigenvalue weighted by Crippen LogP contribution is 2.21. The van der Waals surface area contributed by atoms with Crippen LogP contribution in [0.1, 0.15) is 39.3 Å². The number of hydrogen-bond acceptors (Lipinski definition) is 3. The second-order valence-electron chi connectivity index (χ2n) is 5.95.